The molecule has 0 aromatic heterocycles. The minimum atomic E-state index is -4.55. The van der Waals surface area contributed by atoms with Crippen LogP contribution >= 0.6 is 0 Å². The van der Waals surface area contributed by atoms with Crippen molar-refractivity contribution in [2.24, 2.45) is 0 Å². The summed E-state index contributed by atoms with van der Waals surface area (Å²) in [5.74, 6) is 0.700. The van der Waals surface area contributed by atoms with Gasteiger partial charge in [0.1, 0.15) is 11.5 Å². The van der Waals surface area contributed by atoms with Gasteiger partial charge in [-0.1, -0.05) is 18.2 Å². The third-order valence-electron chi connectivity index (χ3n) is 4.44. The molecular formula is C20H23F3N2O3. The number of carbonyl (C=O) groups is 1. The summed E-state index contributed by atoms with van der Waals surface area (Å²) in [7, 11) is 4.79. The van der Waals surface area contributed by atoms with Crippen LogP contribution in [-0.4, -0.2) is 38.1 Å². The highest BCUT2D eigenvalue weighted by Crippen LogP contribution is 2.34. The first kappa shape index (κ1) is 21.6. The number of ether oxygens (including phenoxy) is 2. The first-order chi connectivity index (χ1) is 13.2. The Hall–Kier alpha value is -2.74. The van der Waals surface area contributed by atoms with Crippen LogP contribution in [0.25, 0.3) is 0 Å². The largest absolute Gasteiger partial charge is 0.497 e. The van der Waals surface area contributed by atoms with E-state index >= 15 is 0 Å². The van der Waals surface area contributed by atoms with Crippen molar-refractivity contribution in [3.8, 4) is 11.5 Å². The lowest BCUT2D eigenvalue weighted by atomic mass is 10.1. The molecule has 1 N–H and O–H groups in total. The maximum atomic E-state index is 13.1. The van der Waals surface area contributed by atoms with E-state index in [2.05, 4.69) is 5.32 Å². The van der Waals surface area contributed by atoms with Crippen LogP contribution in [0.15, 0.2) is 42.5 Å². The number of hydrogen-bond donors (Lipinski definition) is 1. The number of hydrogen-bond acceptors (Lipinski definition) is 4. The van der Waals surface area contributed by atoms with Gasteiger partial charge in [-0.15, -0.1) is 0 Å². The Morgan fingerprint density at radius 2 is 1.82 bits per heavy atom. The zero-order chi connectivity index (χ0) is 20.9. The van der Waals surface area contributed by atoms with E-state index in [1.807, 2.05) is 6.07 Å². The monoisotopic (exact) mass is 396 g/mol. The number of amides is 1. The Morgan fingerprint density at radius 3 is 2.43 bits per heavy atom. The van der Waals surface area contributed by atoms with Crippen LogP contribution < -0.4 is 14.8 Å². The highest BCUT2D eigenvalue weighted by Gasteiger charge is 2.34. The van der Waals surface area contributed by atoms with E-state index in [9.17, 15) is 18.0 Å². The van der Waals surface area contributed by atoms with Crippen LogP contribution in [0, 0.1) is 0 Å². The van der Waals surface area contributed by atoms with Gasteiger partial charge in [0, 0.05) is 18.2 Å². The highest BCUT2D eigenvalue weighted by atomic mass is 19.4. The molecule has 152 valence electrons. The van der Waals surface area contributed by atoms with Gasteiger partial charge in [-0.3, -0.25) is 9.69 Å². The zero-order valence-electron chi connectivity index (χ0n) is 16.1. The van der Waals surface area contributed by atoms with Crippen molar-refractivity contribution in [1.29, 1.82) is 0 Å². The molecule has 0 fully saturated rings. The Labute approximate surface area is 162 Å². The molecule has 0 aliphatic rings. The Bertz CT molecular complexity index is 825. The molecule has 2 aromatic rings. The van der Waals surface area contributed by atoms with Crippen LogP contribution in [0.1, 0.15) is 18.1 Å². The number of nitrogens with zero attached hydrogens (tertiary/aromatic N) is 1. The number of carbonyl (C=O) groups excluding carboxylic acids is 1. The minimum absolute atomic E-state index is 0.262. The lowest BCUT2D eigenvalue weighted by Crippen LogP contribution is -2.39. The van der Waals surface area contributed by atoms with Crippen LogP contribution in [0.4, 0.5) is 18.9 Å². The Kier molecular flexibility index (Phi) is 6.90. The van der Waals surface area contributed by atoms with E-state index in [0.29, 0.717) is 18.0 Å². The fourth-order valence-electron chi connectivity index (χ4n) is 2.66. The van der Waals surface area contributed by atoms with Crippen molar-refractivity contribution in [3.05, 3.63) is 53.6 Å². The summed E-state index contributed by atoms with van der Waals surface area (Å²) < 4.78 is 49.8. The number of rotatable bonds is 7. The Balaban J connectivity index is 2.12. The summed E-state index contributed by atoms with van der Waals surface area (Å²) in [6, 6.07) is 9.55. The van der Waals surface area contributed by atoms with Crippen molar-refractivity contribution in [2.75, 3.05) is 26.6 Å². The molecule has 0 saturated heterocycles. The van der Waals surface area contributed by atoms with Crippen LogP contribution in [0.2, 0.25) is 0 Å². The number of halogens is 3. The average molecular weight is 396 g/mol. The molecule has 0 unspecified atom stereocenters. The molecule has 1 amide bonds. The normalized spacial score (nSPS) is 12.6. The van der Waals surface area contributed by atoms with Gasteiger partial charge in [-0.05, 0) is 32.2 Å². The molecule has 2 aromatic carbocycles. The van der Waals surface area contributed by atoms with Gasteiger partial charge in [0.15, 0.2) is 0 Å². The molecule has 0 heterocycles. The molecule has 0 radical (unpaired) electrons. The molecule has 5 nitrogen and oxygen atoms in total. The molecule has 2 rings (SSSR count). The van der Waals surface area contributed by atoms with Gasteiger partial charge in [-0.2, -0.15) is 13.2 Å². The van der Waals surface area contributed by atoms with Gasteiger partial charge in [-0.25, -0.2) is 0 Å². The fourth-order valence-corrected chi connectivity index (χ4v) is 2.66. The van der Waals surface area contributed by atoms with Crippen LogP contribution in [0.5, 0.6) is 11.5 Å². The predicted molar refractivity (Wildman–Crippen MR) is 101 cm³/mol. The number of alkyl halides is 3. The molecule has 0 aliphatic carbocycles. The van der Waals surface area contributed by atoms with Gasteiger partial charge in [0.05, 0.1) is 31.5 Å². The third kappa shape index (κ3) is 5.16. The highest BCUT2D eigenvalue weighted by molar-refractivity contribution is 5.95. The van der Waals surface area contributed by atoms with E-state index in [4.69, 9.17) is 9.47 Å². The smallest absolute Gasteiger partial charge is 0.418 e. The van der Waals surface area contributed by atoms with E-state index in [-0.39, 0.29) is 5.69 Å². The molecule has 8 heteroatoms. The molecular weight excluding hydrogens is 373 g/mol. The van der Waals surface area contributed by atoms with E-state index < -0.39 is 23.7 Å². The fraction of sp³-hybridized carbons (Fsp3) is 0.350. The van der Waals surface area contributed by atoms with Gasteiger partial charge < -0.3 is 14.8 Å². The van der Waals surface area contributed by atoms with Crippen LogP contribution in [0.3, 0.4) is 0 Å². The van der Waals surface area contributed by atoms with Crippen molar-refractivity contribution in [1.82, 2.24) is 4.90 Å². The predicted octanol–water partition coefficient (Wildman–Crippen LogP) is 4.18. The maximum Gasteiger partial charge on any atom is 0.418 e. The number of benzene rings is 2. The molecule has 0 saturated carbocycles. The first-order valence-electron chi connectivity index (χ1n) is 8.55. The quantitative estimate of drug-likeness (QED) is 0.763. The van der Waals surface area contributed by atoms with Gasteiger partial charge in [0.25, 0.3) is 0 Å². The lowest BCUT2D eigenvalue weighted by Gasteiger charge is -2.25. The number of para-hydroxylation sites is 1. The van der Waals surface area contributed by atoms with E-state index in [0.717, 1.165) is 11.6 Å². The number of nitrogens with one attached hydrogen (secondary N) is 1. The van der Waals surface area contributed by atoms with Crippen molar-refractivity contribution >= 4 is 11.6 Å². The summed E-state index contributed by atoms with van der Waals surface area (Å²) in [5.41, 5.74) is -0.321. The van der Waals surface area contributed by atoms with Crippen molar-refractivity contribution in [2.45, 2.75) is 25.7 Å². The average Bonchev–Trinajstić information content (AvgIpc) is 2.67. The SMILES string of the molecule is COc1ccc(CN(C)[C@@H](C)C(=O)Nc2ccccc2C(F)(F)F)c(OC)c1. The molecule has 0 aliphatic heterocycles. The second-order valence-corrected chi connectivity index (χ2v) is 6.30. The summed E-state index contributed by atoms with van der Waals surface area (Å²) in [6.45, 7) is 1.99. The zero-order valence-corrected chi connectivity index (χ0v) is 16.1. The van der Waals surface area contributed by atoms with Crippen LogP contribution in [-0.2, 0) is 17.5 Å². The first-order valence-corrected chi connectivity index (χ1v) is 8.55. The third-order valence-corrected chi connectivity index (χ3v) is 4.44. The molecule has 0 spiro atoms. The van der Waals surface area contributed by atoms with Gasteiger partial charge >= 0.3 is 6.18 Å². The van der Waals surface area contributed by atoms with Gasteiger partial charge in [0.2, 0.25) is 5.91 Å². The Morgan fingerprint density at radius 1 is 1.14 bits per heavy atom. The standard InChI is InChI=1S/C20H23F3N2O3/c1-13(19(26)24-17-8-6-5-7-16(17)20(21,22)23)25(2)12-14-9-10-15(27-3)11-18(14)28-4/h5-11,13H,12H2,1-4H3,(H,24,26)/t13-/m0/s1. The van der Waals surface area contributed by atoms with Crippen molar-refractivity contribution in [3.63, 3.8) is 0 Å². The van der Waals surface area contributed by atoms with E-state index in [1.165, 1.54) is 25.3 Å². The summed E-state index contributed by atoms with van der Waals surface area (Å²) in [4.78, 5) is 14.2. The molecule has 0 bridgehead atoms. The number of anilines is 1. The summed E-state index contributed by atoms with van der Waals surface area (Å²) in [5, 5.41) is 2.38. The second kappa shape index (κ2) is 8.97. The summed E-state index contributed by atoms with van der Waals surface area (Å²) >= 11 is 0. The van der Waals surface area contributed by atoms with E-state index in [1.54, 1.807) is 38.1 Å². The topological polar surface area (TPSA) is 50.8 Å². The number of likely N-dealkylation sites (N-methyl/N-ethyl adjacent to an activating group) is 1. The molecule has 28 heavy (non-hydrogen) atoms. The van der Waals surface area contributed by atoms with Crippen molar-refractivity contribution < 1.29 is 27.4 Å². The molecule has 1 atom stereocenters. The minimum Gasteiger partial charge on any atom is -0.497 e. The second-order valence-electron chi connectivity index (χ2n) is 6.30. The summed E-state index contributed by atoms with van der Waals surface area (Å²) in [6.07, 6.45) is -4.55. The number of methoxy groups -OCH3 is 2. The maximum absolute atomic E-state index is 13.1. The lowest BCUT2D eigenvalue weighted by molar-refractivity contribution is -0.137.